The lowest BCUT2D eigenvalue weighted by Crippen LogP contribution is -2.15. The maximum absolute atomic E-state index is 15.0. The van der Waals surface area contributed by atoms with E-state index in [1.807, 2.05) is 12.1 Å². The van der Waals surface area contributed by atoms with E-state index in [0.717, 1.165) is 18.7 Å². The Balaban J connectivity index is 1.72. The van der Waals surface area contributed by atoms with E-state index in [1.54, 1.807) is 18.2 Å². The molecule has 0 radical (unpaired) electrons. The van der Waals surface area contributed by atoms with Gasteiger partial charge in [0.05, 0.1) is 0 Å². The van der Waals surface area contributed by atoms with E-state index in [0.29, 0.717) is 35.8 Å². The van der Waals surface area contributed by atoms with Crippen molar-refractivity contribution in [1.82, 2.24) is 0 Å². The summed E-state index contributed by atoms with van der Waals surface area (Å²) in [6.07, 6.45) is -0.210. The van der Waals surface area contributed by atoms with Gasteiger partial charge in [-0.05, 0) is 29.7 Å². The highest BCUT2D eigenvalue weighted by Crippen LogP contribution is 2.39. The van der Waals surface area contributed by atoms with Crippen LogP contribution in [-0.4, -0.2) is 19.8 Å². The Morgan fingerprint density at radius 3 is 2.81 bits per heavy atom. The molecule has 1 N–H and O–H groups in total. The number of para-hydroxylation sites is 1. The number of ether oxygens (including phenoxy) is 2. The van der Waals surface area contributed by atoms with E-state index in [4.69, 9.17) is 9.47 Å². The van der Waals surface area contributed by atoms with Gasteiger partial charge in [-0.2, -0.15) is 0 Å². The molecule has 0 fully saturated rings. The maximum atomic E-state index is 15.0. The minimum Gasteiger partial charge on any atom is -0.486 e. The Kier molecular flexibility index (Phi) is 2.95. The molecule has 0 saturated heterocycles. The molecule has 4 heteroatoms. The fourth-order valence-electron chi connectivity index (χ4n) is 2.97. The fraction of sp³-hybridized carbons (Fsp3) is 0.294. The molecule has 2 aliphatic heterocycles. The van der Waals surface area contributed by atoms with Gasteiger partial charge in [0.25, 0.3) is 0 Å². The molecule has 3 nitrogen and oxygen atoms in total. The third kappa shape index (κ3) is 2.11. The van der Waals surface area contributed by atoms with E-state index in [1.165, 1.54) is 5.56 Å². The first kappa shape index (κ1) is 12.5. The normalized spacial score (nSPS) is 17.0. The second-order valence-corrected chi connectivity index (χ2v) is 5.32. The summed E-state index contributed by atoms with van der Waals surface area (Å²) in [7, 11) is 0. The Hall–Kier alpha value is -2.23. The van der Waals surface area contributed by atoms with Crippen molar-refractivity contribution < 1.29 is 13.9 Å². The monoisotopic (exact) mass is 285 g/mol. The molecule has 2 aromatic rings. The van der Waals surface area contributed by atoms with Gasteiger partial charge in [0.2, 0.25) is 0 Å². The second kappa shape index (κ2) is 4.95. The zero-order valence-corrected chi connectivity index (χ0v) is 11.6. The van der Waals surface area contributed by atoms with Crippen molar-refractivity contribution in [1.29, 1.82) is 0 Å². The number of rotatable bonds is 2. The van der Waals surface area contributed by atoms with Crippen LogP contribution < -0.4 is 14.8 Å². The smallest absolute Gasteiger partial charge is 0.161 e. The van der Waals surface area contributed by atoms with Crippen molar-refractivity contribution in [3.8, 4) is 11.5 Å². The average Bonchev–Trinajstić information content (AvgIpc) is 3.02. The second-order valence-electron chi connectivity index (χ2n) is 5.32. The largest absolute Gasteiger partial charge is 0.486 e. The van der Waals surface area contributed by atoms with Crippen LogP contribution >= 0.6 is 0 Å². The summed E-state index contributed by atoms with van der Waals surface area (Å²) >= 11 is 0. The van der Waals surface area contributed by atoms with Gasteiger partial charge >= 0.3 is 0 Å². The van der Waals surface area contributed by atoms with Gasteiger partial charge in [-0.25, -0.2) is 4.39 Å². The minimum atomic E-state index is -1.17. The molecule has 0 spiro atoms. The van der Waals surface area contributed by atoms with Gasteiger partial charge in [-0.15, -0.1) is 0 Å². The lowest BCUT2D eigenvalue weighted by molar-refractivity contribution is 0.171. The topological polar surface area (TPSA) is 30.5 Å². The van der Waals surface area contributed by atoms with Crippen LogP contribution in [0, 0.1) is 0 Å². The van der Waals surface area contributed by atoms with Crippen molar-refractivity contribution in [2.75, 3.05) is 25.1 Å². The summed E-state index contributed by atoms with van der Waals surface area (Å²) < 4.78 is 26.0. The van der Waals surface area contributed by atoms with Crippen molar-refractivity contribution in [2.24, 2.45) is 0 Å². The SMILES string of the molecule is FC(c1ccc2c(c1)OCCO2)c1cccc2c1NCC2. The van der Waals surface area contributed by atoms with E-state index in [2.05, 4.69) is 11.4 Å². The number of anilines is 1. The van der Waals surface area contributed by atoms with Crippen molar-refractivity contribution in [2.45, 2.75) is 12.6 Å². The quantitative estimate of drug-likeness (QED) is 0.916. The van der Waals surface area contributed by atoms with Crippen molar-refractivity contribution in [3.05, 3.63) is 53.1 Å². The molecule has 4 rings (SSSR count). The van der Waals surface area contributed by atoms with Gasteiger partial charge < -0.3 is 14.8 Å². The molecule has 0 saturated carbocycles. The Labute approximate surface area is 122 Å². The van der Waals surface area contributed by atoms with Crippen LogP contribution in [0.25, 0.3) is 0 Å². The van der Waals surface area contributed by atoms with E-state index >= 15 is 0 Å². The number of alkyl halides is 1. The van der Waals surface area contributed by atoms with Crippen molar-refractivity contribution in [3.63, 3.8) is 0 Å². The predicted octanol–water partition coefficient (Wildman–Crippen LogP) is 3.48. The molecule has 0 aromatic heterocycles. The highest BCUT2D eigenvalue weighted by Gasteiger charge is 2.23. The molecule has 0 amide bonds. The van der Waals surface area contributed by atoms with Gasteiger partial charge in [-0.3, -0.25) is 0 Å². The predicted molar refractivity (Wildman–Crippen MR) is 79.0 cm³/mol. The standard InChI is InChI=1S/C17H16FNO2/c18-16(13-3-1-2-11-6-7-19-17(11)13)12-4-5-14-15(10-12)21-9-8-20-14/h1-5,10,16,19H,6-9H2. The van der Waals surface area contributed by atoms with Crippen molar-refractivity contribution >= 4 is 5.69 Å². The molecule has 1 unspecified atom stereocenters. The number of nitrogens with one attached hydrogen (secondary N) is 1. The fourth-order valence-corrected chi connectivity index (χ4v) is 2.97. The third-order valence-electron chi connectivity index (χ3n) is 4.01. The number of fused-ring (bicyclic) bond motifs is 2. The van der Waals surface area contributed by atoms with Crippen LogP contribution in [0.2, 0.25) is 0 Å². The van der Waals surface area contributed by atoms with Gasteiger partial charge in [-0.1, -0.05) is 24.3 Å². The van der Waals surface area contributed by atoms with Crippen LogP contribution in [-0.2, 0) is 6.42 Å². The van der Waals surface area contributed by atoms with Gasteiger partial charge in [0.15, 0.2) is 17.7 Å². The number of benzene rings is 2. The number of halogens is 1. The van der Waals surface area contributed by atoms with Crippen LogP contribution in [0.1, 0.15) is 22.9 Å². The molecular formula is C17H16FNO2. The van der Waals surface area contributed by atoms with E-state index < -0.39 is 6.17 Å². The molecule has 2 aliphatic rings. The highest BCUT2D eigenvalue weighted by molar-refractivity contribution is 5.63. The van der Waals surface area contributed by atoms with Gasteiger partial charge in [0.1, 0.15) is 13.2 Å². The molecule has 0 bridgehead atoms. The number of hydrogen-bond donors (Lipinski definition) is 1. The summed E-state index contributed by atoms with van der Waals surface area (Å²) in [6.45, 7) is 1.93. The first-order valence-electron chi connectivity index (χ1n) is 7.22. The summed E-state index contributed by atoms with van der Waals surface area (Å²) in [4.78, 5) is 0. The summed E-state index contributed by atoms with van der Waals surface area (Å²) in [5.41, 5.74) is 3.43. The zero-order valence-electron chi connectivity index (χ0n) is 11.6. The molecule has 2 heterocycles. The molecule has 2 aromatic carbocycles. The van der Waals surface area contributed by atoms with Gasteiger partial charge in [0, 0.05) is 17.8 Å². The Morgan fingerprint density at radius 1 is 1.05 bits per heavy atom. The lowest BCUT2D eigenvalue weighted by Gasteiger charge is -2.20. The average molecular weight is 285 g/mol. The summed E-state index contributed by atoms with van der Waals surface area (Å²) in [6, 6.07) is 11.1. The minimum absolute atomic E-state index is 0.510. The third-order valence-corrected chi connectivity index (χ3v) is 4.01. The molecular weight excluding hydrogens is 269 g/mol. The molecule has 1 atom stereocenters. The zero-order chi connectivity index (χ0) is 14.2. The number of hydrogen-bond acceptors (Lipinski definition) is 3. The lowest BCUT2D eigenvalue weighted by atomic mass is 9.98. The Bertz CT molecular complexity index is 686. The summed E-state index contributed by atoms with van der Waals surface area (Å²) in [5.74, 6) is 1.32. The maximum Gasteiger partial charge on any atom is 0.161 e. The van der Waals surface area contributed by atoms with Crippen LogP contribution in [0.4, 0.5) is 10.1 Å². The van der Waals surface area contributed by atoms with E-state index in [-0.39, 0.29) is 0 Å². The Morgan fingerprint density at radius 2 is 1.90 bits per heavy atom. The van der Waals surface area contributed by atoms with Crippen LogP contribution in [0.15, 0.2) is 36.4 Å². The first-order chi connectivity index (χ1) is 10.3. The molecule has 108 valence electrons. The molecule has 0 aliphatic carbocycles. The first-order valence-corrected chi connectivity index (χ1v) is 7.22. The van der Waals surface area contributed by atoms with E-state index in [9.17, 15) is 4.39 Å². The van der Waals surface area contributed by atoms with Crippen LogP contribution in [0.3, 0.4) is 0 Å². The van der Waals surface area contributed by atoms with Crippen LogP contribution in [0.5, 0.6) is 11.5 Å². The molecule has 21 heavy (non-hydrogen) atoms. The highest BCUT2D eigenvalue weighted by atomic mass is 19.1. The summed E-state index contributed by atoms with van der Waals surface area (Å²) in [5, 5.41) is 3.29.